The minimum absolute atomic E-state index is 0.0930. The molecule has 0 heterocycles. The number of anilines is 1. The third kappa shape index (κ3) is 3.31. The highest BCUT2D eigenvalue weighted by Gasteiger charge is 2.56. The van der Waals surface area contributed by atoms with E-state index in [-0.39, 0.29) is 23.2 Å². The first-order valence-corrected chi connectivity index (χ1v) is 12.3. The number of halogens is 2. The molecule has 0 radical (unpaired) electrons. The predicted octanol–water partition coefficient (Wildman–Crippen LogP) is 6.32. The van der Waals surface area contributed by atoms with Gasteiger partial charge in [0.25, 0.3) is 0 Å². The van der Waals surface area contributed by atoms with Crippen LogP contribution < -0.4 is 4.90 Å². The summed E-state index contributed by atoms with van der Waals surface area (Å²) in [6, 6.07) is 4.16. The molecule has 4 aliphatic carbocycles. The molecule has 2 fully saturated rings. The van der Waals surface area contributed by atoms with Crippen molar-refractivity contribution < 1.29 is 9.90 Å². The summed E-state index contributed by atoms with van der Waals surface area (Å²) in [7, 11) is 3.90. The van der Waals surface area contributed by atoms with Gasteiger partial charge in [-0.1, -0.05) is 35.7 Å². The topological polar surface area (TPSA) is 40.5 Å². The second kappa shape index (κ2) is 7.64. The van der Waals surface area contributed by atoms with Gasteiger partial charge in [0.2, 0.25) is 0 Å². The van der Waals surface area contributed by atoms with Crippen LogP contribution in [0.3, 0.4) is 0 Å². The molecule has 0 amide bonds. The second-order valence-corrected chi connectivity index (χ2v) is 11.2. The number of nitrogens with zero attached hydrogens (tertiary/aromatic N) is 1. The molecule has 0 spiro atoms. The Morgan fingerprint density at radius 3 is 2.45 bits per heavy atom. The van der Waals surface area contributed by atoms with E-state index < -0.39 is 0 Å². The Balaban J connectivity index is 1.69. The van der Waals surface area contributed by atoms with Crippen molar-refractivity contribution in [2.75, 3.05) is 19.0 Å². The Kier molecular flexibility index (Phi) is 5.31. The zero-order valence-corrected chi connectivity index (χ0v) is 20.1. The van der Waals surface area contributed by atoms with Gasteiger partial charge in [-0.15, -0.1) is 0 Å². The summed E-state index contributed by atoms with van der Waals surface area (Å²) < 4.78 is 0. The number of rotatable bonds is 2. The van der Waals surface area contributed by atoms with Gasteiger partial charge in [0, 0.05) is 26.4 Å². The number of hydrogen-bond acceptors (Lipinski definition) is 3. The molecule has 166 valence electrons. The first-order valence-electron chi connectivity index (χ1n) is 11.5. The van der Waals surface area contributed by atoms with Crippen LogP contribution in [0.25, 0.3) is 0 Å². The summed E-state index contributed by atoms with van der Waals surface area (Å²) in [4.78, 5) is 14.1. The van der Waals surface area contributed by atoms with Gasteiger partial charge >= 0.3 is 0 Å². The van der Waals surface area contributed by atoms with Crippen molar-refractivity contribution in [2.24, 2.45) is 17.3 Å². The van der Waals surface area contributed by atoms with Crippen molar-refractivity contribution in [1.29, 1.82) is 0 Å². The van der Waals surface area contributed by atoms with Crippen LogP contribution >= 0.6 is 23.2 Å². The van der Waals surface area contributed by atoms with Crippen LogP contribution in [0.15, 0.2) is 34.9 Å². The molecular formula is C26H31Cl2NO2. The van der Waals surface area contributed by atoms with E-state index in [1.807, 2.05) is 25.1 Å². The molecule has 5 rings (SSSR count). The molecular weight excluding hydrogens is 429 g/mol. The predicted molar refractivity (Wildman–Crippen MR) is 127 cm³/mol. The van der Waals surface area contributed by atoms with Crippen LogP contribution in [0.1, 0.15) is 63.4 Å². The summed E-state index contributed by atoms with van der Waals surface area (Å²) in [5.41, 5.74) is 6.06. The van der Waals surface area contributed by atoms with Gasteiger partial charge in [0.05, 0.1) is 21.8 Å². The molecule has 4 aliphatic rings. The Hall–Kier alpha value is -1.29. The first kappa shape index (κ1) is 21.6. The maximum Gasteiger partial charge on any atom is 0.156 e. The number of aliphatic hydroxyl groups is 1. The average Bonchev–Trinajstić information content (AvgIpc) is 3.00. The van der Waals surface area contributed by atoms with Gasteiger partial charge in [-0.25, -0.2) is 0 Å². The van der Waals surface area contributed by atoms with E-state index in [2.05, 4.69) is 19.1 Å². The smallest absolute Gasteiger partial charge is 0.156 e. The largest absolute Gasteiger partial charge is 0.393 e. The van der Waals surface area contributed by atoms with Crippen LogP contribution in [0.2, 0.25) is 10.0 Å². The van der Waals surface area contributed by atoms with Crippen molar-refractivity contribution >= 4 is 34.7 Å². The number of benzene rings is 1. The third-order valence-corrected chi connectivity index (χ3v) is 9.15. The molecule has 2 saturated carbocycles. The number of hydrogen-bond donors (Lipinski definition) is 1. The molecule has 5 unspecified atom stereocenters. The van der Waals surface area contributed by atoms with Gasteiger partial charge in [-0.3, -0.25) is 4.79 Å². The fraction of sp³-hybridized carbons (Fsp3) is 0.577. The van der Waals surface area contributed by atoms with Gasteiger partial charge in [0.15, 0.2) is 5.78 Å². The summed E-state index contributed by atoms with van der Waals surface area (Å²) in [5, 5.41) is 12.3. The molecule has 1 N–H and O–H groups in total. The lowest BCUT2D eigenvalue weighted by Gasteiger charge is -2.52. The molecule has 5 atom stereocenters. The van der Waals surface area contributed by atoms with E-state index in [9.17, 15) is 9.90 Å². The van der Waals surface area contributed by atoms with Crippen molar-refractivity contribution in [3.63, 3.8) is 0 Å². The lowest BCUT2D eigenvalue weighted by molar-refractivity contribution is -0.114. The highest BCUT2D eigenvalue weighted by atomic mass is 35.5. The third-order valence-electron chi connectivity index (χ3n) is 8.57. The standard InChI is InChI=1S/C26H31Cl2NO2/c1-26-13-19(15-11-21(27)25(29(2)3)22(28)12-15)24-17-7-5-16(30)10-14(17)4-6-18(24)20(26)8-9-23(26)31/h10-12,18-20,23,31H,4-9,13H2,1-3H3. The number of ketones is 1. The van der Waals surface area contributed by atoms with Crippen LogP contribution in [-0.4, -0.2) is 31.1 Å². The zero-order chi connectivity index (χ0) is 22.1. The van der Waals surface area contributed by atoms with E-state index in [4.69, 9.17) is 23.2 Å². The molecule has 5 heteroatoms. The van der Waals surface area contributed by atoms with Crippen molar-refractivity contribution in [1.82, 2.24) is 0 Å². The van der Waals surface area contributed by atoms with Crippen LogP contribution in [0.5, 0.6) is 0 Å². The van der Waals surface area contributed by atoms with E-state index in [1.165, 1.54) is 16.7 Å². The van der Waals surface area contributed by atoms with Crippen LogP contribution in [0, 0.1) is 17.3 Å². The number of aliphatic hydroxyl groups excluding tert-OH is 1. The molecule has 0 bridgehead atoms. The number of carbonyl (C=O) groups excluding carboxylic acids is 1. The lowest BCUT2D eigenvalue weighted by atomic mass is 9.53. The first-order chi connectivity index (χ1) is 14.7. The molecule has 3 nitrogen and oxygen atoms in total. The van der Waals surface area contributed by atoms with Crippen molar-refractivity contribution in [3.05, 3.63) is 50.5 Å². The highest BCUT2D eigenvalue weighted by molar-refractivity contribution is 6.39. The molecule has 1 aromatic rings. The fourth-order valence-corrected chi connectivity index (χ4v) is 7.99. The fourth-order valence-electron chi connectivity index (χ4n) is 7.15. The van der Waals surface area contributed by atoms with Crippen molar-refractivity contribution in [2.45, 2.75) is 63.9 Å². The van der Waals surface area contributed by atoms with Gasteiger partial charge < -0.3 is 10.0 Å². The molecule has 0 aromatic heterocycles. The van der Waals surface area contributed by atoms with Gasteiger partial charge in [0.1, 0.15) is 0 Å². The Morgan fingerprint density at radius 2 is 1.77 bits per heavy atom. The van der Waals surface area contributed by atoms with Crippen LogP contribution in [-0.2, 0) is 4.79 Å². The normalized spacial score (nSPS) is 34.8. The molecule has 1 aromatic carbocycles. The second-order valence-electron chi connectivity index (χ2n) is 10.4. The van der Waals surface area contributed by atoms with E-state index in [0.717, 1.165) is 49.8 Å². The summed E-state index contributed by atoms with van der Waals surface area (Å²) in [5.74, 6) is 1.41. The van der Waals surface area contributed by atoms with E-state index >= 15 is 0 Å². The van der Waals surface area contributed by atoms with Crippen molar-refractivity contribution in [3.8, 4) is 0 Å². The minimum Gasteiger partial charge on any atom is -0.393 e. The summed E-state index contributed by atoms with van der Waals surface area (Å²) in [6.07, 6.45) is 8.01. The maximum atomic E-state index is 12.1. The Bertz CT molecular complexity index is 988. The van der Waals surface area contributed by atoms with Gasteiger partial charge in [-0.2, -0.15) is 0 Å². The number of carbonyl (C=O) groups is 1. The van der Waals surface area contributed by atoms with Gasteiger partial charge in [-0.05, 0) is 90.7 Å². The zero-order valence-electron chi connectivity index (χ0n) is 18.5. The average molecular weight is 460 g/mol. The minimum atomic E-state index is -0.261. The molecule has 0 saturated heterocycles. The highest BCUT2D eigenvalue weighted by Crippen LogP contribution is 2.64. The quantitative estimate of drug-likeness (QED) is 0.562. The maximum absolute atomic E-state index is 12.1. The van der Waals surface area contributed by atoms with E-state index in [1.54, 1.807) is 0 Å². The molecule has 31 heavy (non-hydrogen) atoms. The number of fused-ring (bicyclic) bond motifs is 4. The SMILES string of the molecule is CN(C)c1c(Cl)cc(C2CC3(C)C(O)CCC3C3CCC4=CC(=O)CCC4=C23)cc1Cl. The van der Waals surface area contributed by atoms with E-state index in [0.29, 0.717) is 28.3 Å². The monoisotopic (exact) mass is 459 g/mol. The number of allylic oxidation sites excluding steroid dienone is 4. The summed E-state index contributed by atoms with van der Waals surface area (Å²) >= 11 is 13.4. The lowest BCUT2D eigenvalue weighted by Crippen LogP contribution is -2.45. The van der Waals surface area contributed by atoms with Crippen LogP contribution in [0.4, 0.5) is 5.69 Å². The molecule has 0 aliphatic heterocycles. The Labute approximate surface area is 195 Å². The summed E-state index contributed by atoms with van der Waals surface area (Å²) in [6.45, 7) is 2.29. The Morgan fingerprint density at radius 1 is 1.06 bits per heavy atom.